The molecule has 6 nitrogen and oxygen atoms in total. The van der Waals surface area contributed by atoms with Crippen molar-refractivity contribution in [2.45, 2.75) is 25.4 Å². The summed E-state index contributed by atoms with van der Waals surface area (Å²) in [6.07, 6.45) is 0.0392. The molecule has 1 aliphatic rings. The van der Waals surface area contributed by atoms with E-state index < -0.39 is 6.10 Å². The number of benzene rings is 1. The van der Waals surface area contributed by atoms with Gasteiger partial charge in [-0.3, -0.25) is 4.79 Å². The maximum absolute atomic E-state index is 11.9. The van der Waals surface area contributed by atoms with Gasteiger partial charge in [-0.15, -0.1) is 0 Å². The number of hydrogen-bond acceptors (Lipinski definition) is 6. The molecule has 0 aliphatic carbocycles. The van der Waals surface area contributed by atoms with E-state index in [9.17, 15) is 15.0 Å². The summed E-state index contributed by atoms with van der Waals surface area (Å²) in [4.78, 5) is 13.9. The Kier molecular flexibility index (Phi) is 4.93. The molecule has 0 spiro atoms. The fourth-order valence-corrected chi connectivity index (χ4v) is 3.09. The number of hydrogen-bond donors (Lipinski definition) is 2. The van der Waals surface area contributed by atoms with Crippen LogP contribution >= 0.6 is 0 Å². The van der Waals surface area contributed by atoms with E-state index in [1.807, 2.05) is 11.9 Å². The van der Waals surface area contributed by atoms with Gasteiger partial charge in [-0.05, 0) is 26.9 Å². The van der Waals surface area contributed by atoms with Crippen molar-refractivity contribution in [2.24, 2.45) is 0 Å². The standard InChI is InChI=1S/C16H23NO5/c1-9(18)14-12(21-3)7-13(22-4)15(16(14)20)10-5-6-17(2)8-11(10)19/h7,10-11,19-20H,5-6,8H2,1-4H3. The molecule has 1 heterocycles. The van der Waals surface area contributed by atoms with E-state index in [-0.39, 0.29) is 28.8 Å². The first kappa shape index (κ1) is 16.6. The summed E-state index contributed by atoms with van der Waals surface area (Å²) in [5, 5.41) is 21.0. The maximum Gasteiger partial charge on any atom is 0.167 e. The molecule has 0 bridgehead atoms. The average molecular weight is 309 g/mol. The van der Waals surface area contributed by atoms with Crippen LogP contribution in [-0.2, 0) is 0 Å². The highest BCUT2D eigenvalue weighted by Crippen LogP contribution is 2.45. The molecule has 0 amide bonds. The topological polar surface area (TPSA) is 79.2 Å². The third kappa shape index (κ3) is 2.89. The van der Waals surface area contributed by atoms with Crippen LogP contribution in [0.15, 0.2) is 6.07 Å². The predicted molar refractivity (Wildman–Crippen MR) is 82.1 cm³/mol. The Morgan fingerprint density at radius 2 is 1.95 bits per heavy atom. The number of aliphatic hydroxyl groups excluding tert-OH is 1. The molecule has 6 heteroatoms. The number of Topliss-reactive ketones (excluding diaryl/α,β-unsaturated/α-hetero) is 1. The molecule has 22 heavy (non-hydrogen) atoms. The van der Waals surface area contributed by atoms with E-state index in [2.05, 4.69) is 0 Å². The third-order valence-electron chi connectivity index (χ3n) is 4.21. The lowest BCUT2D eigenvalue weighted by Gasteiger charge is -2.35. The van der Waals surface area contributed by atoms with Crippen LogP contribution in [0.3, 0.4) is 0 Å². The van der Waals surface area contributed by atoms with Crippen molar-refractivity contribution in [1.82, 2.24) is 4.90 Å². The molecule has 0 saturated carbocycles. The van der Waals surface area contributed by atoms with Crippen molar-refractivity contribution in [3.8, 4) is 17.2 Å². The fourth-order valence-electron chi connectivity index (χ4n) is 3.09. The minimum Gasteiger partial charge on any atom is -0.507 e. The Bertz CT molecular complexity index is 572. The lowest BCUT2D eigenvalue weighted by Crippen LogP contribution is -2.40. The van der Waals surface area contributed by atoms with Gasteiger partial charge >= 0.3 is 0 Å². The summed E-state index contributed by atoms with van der Waals surface area (Å²) in [6.45, 7) is 2.68. The van der Waals surface area contributed by atoms with Gasteiger partial charge < -0.3 is 24.6 Å². The largest absolute Gasteiger partial charge is 0.507 e. The quantitative estimate of drug-likeness (QED) is 0.818. The second-order valence-electron chi connectivity index (χ2n) is 5.70. The first-order valence-corrected chi connectivity index (χ1v) is 7.26. The van der Waals surface area contributed by atoms with E-state index in [1.54, 1.807) is 6.07 Å². The van der Waals surface area contributed by atoms with E-state index in [1.165, 1.54) is 21.1 Å². The summed E-state index contributed by atoms with van der Waals surface area (Å²) in [5.41, 5.74) is 0.610. The van der Waals surface area contributed by atoms with Gasteiger partial charge in [0.15, 0.2) is 5.78 Å². The van der Waals surface area contributed by atoms with E-state index in [0.29, 0.717) is 24.3 Å². The van der Waals surface area contributed by atoms with E-state index in [0.717, 1.165) is 6.54 Å². The third-order valence-corrected chi connectivity index (χ3v) is 4.21. The Morgan fingerprint density at radius 3 is 2.45 bits per heavy atom. The minimum atomic E-state index is -0.633. The molecule has 2 rings (SSSR count). The van der Waals surface area contributed by atoms with Gasteiger partial charge in [0.25, 0.3) is 0 Å². The van der Waals surface area contributed by atoms with Gasteiger partial charge in [-0.1, -0.05) is 0 Å². The summed E-state index contributed by atoms with van der Waals surface area (Å²) in [6, 6.07) is 1.59. The predicted octanol–water partition coefficient (Wildman–Crippen LogP) is 1.39. The summed E-state index contributed by atoms with van der Waals surface area (Å²) in [5.74, 6) is -0.0332. The lowest BCUT2D eigenvalue weighted by molar-refractivity contribution is 0.0618. The first-order valence-electron chi connectivity index (χ1n) is 7.26. The van der Waals surface area contributed by atoms with Crippen LogP contribution in [0.5, 0.6) is 17.2 Å². The molecule has 1 aliphatic heterocycles. The highest BCUT2D eigenvalue weighted by atomic mass is 16.5. The van der Waals surface area contributed by atoms with Crippen molar-refractivity contribution in [2.75, 3.05) is 34.4 Å². The number of phenols is 1. The van der Waals surface area contributed by atoms with Crippen LogP contribution in [-0.4, -0.2) is 61.4 Å². The number of methoxy groups -OCH3 is 2. The molecule has 122 valence electrons. The molecule has 2 atom stereocenters. The zero-order valence-electron chi connectivity index (χ0n) is 13.4. The molecule has 2 N–H and O–H groups in total. The van der Waals surface area contributed by atoms with Crippen molar-refractivity contribution in [1.29, 1.82) is 0 Å². The number of piperidine rings is 1. The molecule has 1 saturated heterocycles. The summed E-state index contributed by atoms with van der Waals surface area (Å²) >= 11 is 0. The molecule has 2 unspecified atom stereocenters. The van der Waals surface area contributed by atoms with Crippen molar-refractivity contribution >= 4 is 5.78 Å². The van der Waals surface area contributed by atoms with Gasteiger partial charge in [-0.2, -0.15) is 0 Å². The summed E-state index contributed by atoms with van der Waals surface area (Å²) < 4.78 is 10.5. The highest BCUT2D eigenvalue weighted by Gasteiger charge is 2.34. The number of ether oxygens (including phenoxy) is 2. The SMILES string of the molecule is COc1cc(OC)c(C2CCN(C)CC2O)c(O)c1C(C)=O. The minimum absolute atomic E-state index is 0.129. The number of rotatable bonds is 4. The molecule has 1 aromatic carbocycles. The van der Waals surface area contributed by atoms with E-state index >= 15 is 0 Å². The van der Waals surface area contributed by atoms with Gasteiger partial charge in [0.05, 0.1) is 20.3 Å². The molecular formula is C16H23NO5. The molecule has 0 aromatic heterocycles. The number of aliphatic hydroxyl groups is 1. The van der Waals surface area contributed by atoms with Crippen LogP contribution in [0.25, 0.3) is 0 Å². The van der Waals surface area contributed by atoms with E-state index in [4.69, 9.17) is 9.47 Å². The Hall–Kier alpha value is -1.79. The van der Waals surface area contributed by atoms with Gasteiger partial charge in [0, 0.05) is 24.1 Å². The number of likely N-dealkylation sites (N-methyl/N-ethyl adjacent to an activating group) is 1. The summed E-state index contributed by atoms with van der Waals surface area (Å²) in [7, 11) is 4.86. The zero-order valence-corrected chi connectivity index (χ0v) is 13.4. The molecule has 1 aromatic rings. The van der Waals surface area contributed by atoms with Crippen molar-refractivity contribution in [3.05, 3.63) is 17.2 Å². The number of nitrogens with zero attached hydrogens (tertiary/aromatic N) is 1. The Morgan fingerprint density at radius 1 is 1.32 bits per heavy atom. The van der Waals surface area contributed by atoms with Crippen LogP contribution < -0.4 is 9.47 Å². The normalized spacial score (nSPS) is 22.4. The number of β-amino-alcohol motifs (C(OH)–C–C–N with tert-alkyl or cyclic N) is 1. The number of ketones is 1. The Balaban J connectivity index is 2.59. The van der Waals surface area contributed by atoms with Crippen molar-refractivity contribution < 1.29 is 24.5 Å². The number of carbonyl (C=O) groups excluding carboxylic acids is 1. The number of phenolic OH excluding ortho intramolecular Hbond substituents is 1. The number of likely N-dealkylation sites (tertiary alicyclic amines) is 1. The second-order valence-corrected chi connectivity index (χ2v) is 5.70. The zero-order chi connectivity index (χ0) is 16.4. The van der Waals surface area contributed by atoms with Crippen LogP contribution in [0, 0.1) is 0 Å². The van der Waals surface area contributed by atoms with Gasteiger partial charge in [0.1, 0.15) is 22.8 Å². The van der Waals surface area contributed by atoms with Gasteiger partial charge in [0.2, 0.25) is 0 Å². The maximum atomic E-state index is 11.9. The smallest absolute Gasteiger partial charge is 0.167 e. The molecule has 0 radical (unpaired) electrons. The van der Waals surface area contributed by atoms with Gasteiger partial charge in [-0.25, -0.2) is 0 Å². The van der Waals surface area contributed by atoms with Crippen LogP contribution in [0.4, 0.5) is 0 Å². The van der Waals surface area contributed by atoms with Crippen LogP contribution in [0.2, 0.25) is 0 Å². The highest BCUT2D eigenvalue weighted by molar-refractivity contribution is 6.00. The monoisotopic (exact) mass is 309 g/mol. The fraction of sp³-hybridized carbons (Fsp3) is 0.562. The van der Waals surface area contributed by atoms with Crippen LogP contribution in [0.1, 0.15) is 35.2 Å². The first-order chi connectivity index (χ1) is 10.4. The number of aromatic hydroxyl groups is 1. The average Bonchev–Trinajstić information content (AvgIpc) is 2.46. The Labute approximate surface area is 130 Å². The number of carbonyl (C=O) groups is 1. The van der Waals surface area contributed by atoms with Crippen molar-refractivity contribution in [3.63, 3.8) is 0 Å². The second kappa shape index (κ2) is 6.54. The molecular weight excluding hydrogens is 286 g/mol. The molecule has 1 fully saturated rings. The lowest BCUT2D eigenvalue weighted by atomic mass is 9.84.